The van der Waals surface area contributed by atoms with Crippen molar-refractivity contribution in [2.75, 3.05) is 6.54 Å². The van der Waals surface area contributed by atoms with E-state index in [0.29, 0.717) is 11.1 Å². The third-order valence-electron chi connectivity index (χ3n) is 7.02. The molecule has 0 aliphatic carbocycles. The molecule has 5 nitrogen and oxygen atoms in total. The molecule has 184 valence electrons. The Hall–Kier alpha value is -5.03. The van der Waals surface area contributed by atoms with E-state index < -0.39 is 5.54 Å². The predicted octanol–water partition coefficient (Wildman–Crippen LogP) is 6.03. The molecule has 38 heavy (non-hydrogen) atoms. The van der Waals surface area contributed by atoms with E-state index in [2.05, 4.69) is 82.3 Å². The van der Waals surface area contributed by atoms with Crippen LogP contribution in [-0.4, -0.2) is 32.8 Å². The maximum absolute atomic E-state index is 12.7. The second-order valence-corrected chi connectivity index (χ2v) is 9.18. The van der Waals surface area contributed by atoms with Gasteiger partial charge in [-0.25, -0.2) is 4.98 Å². The highest BCUT2D eigenvalue weighted by Gasteiger charge is 2.38. The second kappa shape index (κ2) is 9.79. The highest BCUT2D eigenvalue weighted by atomic mass is 16.2. The minimum atomic E-state index is -0.647. The van der Waals surface area contributed by atoms with E-state index in [1.54, 1.807) is 24.3 Å². The fourth-order valence-electron chi connectivity index (χ4n) is 5.28. The van der Waals surface area contributed by atoms with Gasteiger partial charge in [0.05, 0.1) is 23.1 Å². The molecule has 6 rings (SSSR count). The molecule has 0 unspecified atom stereocenters. The SMILES string of the molecule is O=C1c2ccccc2C(=O)N1C/C=C\c1cn(C(c2ccccc2)(c2ccccc2)c2ccccc2)cn1. The fraction of sp³-hybridized carbons (Fsp3) is 0.0606. The number of nitrogens with zero attached hydrogens (tertiary/aromatic N) is 3. The molecule has 4 aromatic carbocycles. The van der Waals surface area contributed by atoms with Crippen LogP contribution >= 0.6 is 0 Å². The van der Waals surface area contributed by atoms with Crippen molar-refractivity contribution in [1.82, 2.24) is 14.5 Å². The molecule has 2 heterocycles. The van der Waals surface area contributed by atoms with E-state index in [9.17, 15) is 9.59 Å². The van der Waals surface area contributed by atoms with E-state index in [4.69, 9.17) is 0 Å². The monoisotopic (exact) mass is 495 g/mol. The molecule has 5 heteroatoms. The number of imide groups is 1. The van der Waals surface area contributed by atoms with Gasteiger partial charge in [0, 0.05) is 12.7 Å². The number of benzene rings is 4. The number of hydrogen-bond donors (Lipinski definition) is 0. The first-order valence-electron chi connectivity index (χ1n) is 12.5. The van der Waals surface area contributed by atoms with Crippen molar-refractivity contribution in [2.45, 2.75) is 5.54 Å². The van der Waals surface area contributed by atoms with E-state index in [1.807, 2.05) is 42.9 Å². The van der Waals surface area contributed by atoms with Gasteiger partial charge in [-0.2, -0.15) is 0 Å². The summed E-state index contributed by atoms with van der Waals surface area (Å²) >= 11 is 0. The number of rotatable bonds is 7. The number of amides is 2. The van der Waals surface area contributed by atoms with Gasteiger partial charge in [0.25, 0.3) is 11.8 Å². The first-order valence-corrected chi connectivity index (χ1v) is 12.5. The van der Waals surface area contributed by atoms with Gasteiger partial charge in [0.1, 0.15) is 5.54 Å². The van der Waals surface area contributed by atoms with Crippen LogP contribution in [0.1, 0.15) is 43.1 Å². The summed E-state index contributed by atoms with van der Waals surface area (Å²) in [5.41, 5.74) is 4.31. The van der Waals surface area contributed by atoms with Crippen molar-refractivity contribution >= 4 is 17.9 Å². The molecule has 1 aliphatic heterocycles. The summed E-state index contributed by atoms with van der Waals surface area (Å²) in [6.45, 7) is 0.181. The number of carbonyl (C=O) groups is 2. The van der Waals surface area contributed by atoms with Crippen LogP contribution in [0.15, 0.2) is 134 Å². The van der Waals surface area contributed by atoms with Crippen LogP contribution in [0.5, 0.6) is 0 Å². The van der Waals surface area contributed by atoms with Gasteiger partial charge in [-0.05, 0) is 34.9 Å². The van der Waals surface area contributed by atoms with Crippen molar-refractivity contribution < 1.29 is 9.59 Å². The van der Waals surface area contributed by atoms with E-state index >= 15 is 0 Å². The second-order valence-electron chi connectivity index (χ2n) is 9.18. The minimum absolute atomic E-state index is 0.181. The Kier molecular flexibility index (Phi) is 6.02. The summed E-state index contributed by atoms with van der Waals surface area (Å²) in [7, 11) is 0. The lowest BCUT2D eigenvalue weighted by atomic mass is 9.77. The van der Waals surface area contributed by atoms with Crippen LogP contribution in [0, 0.1) is 0 Å². The van der Waals surface area contributed by atoms with Crippen molar-refractivity contribution in [1.29, 1.82) is 0 Å². The lowest BCUT2D eigenvalue weighted by Crippen LogP contribution is -2.36. The number of carbonyl (C=O) groups excluding carboxylic acids is 2. The van der Waals surface area contributed by atoms with Crippen molar-refractivity contribution in [3.63, 3.8) is 0 Å². The molecule has 1 aromatic heterocycles. The maximum atomic E-state index is 12.7. The normalized spacial score (nSPS) is 13.3. The zero-order valence-corrected chi connectivity index (χ0v) is 20.6. The lowest BCUT2D eigenvalue weighted by molar-refractivity contribution is 0.0672. The molecular formula is C33H25N3O2. The number of imidazole rings is 1. The van der Waals surface area contributed by atoms with Gasteiger partial charge < -0.3 is 4.57 Å². The summed E-state index contributed by atoms with van der Waals surface area (Å²) in [6.07, 6.45) is 7.51. The van der Waals surface area contributed by atoms with Gasteiger partial charge >= 0.3 is 0 Å². The molecule has 1 aliphatic rings. The quantitative estimate of drug-likeness (QED) is 0.205. The molecule has 0 saturated heterocycles. The molecule has 0 atom stereocenters. The highest BCUT2D eigenvalue weighted by molar-refractivity contribution is 6.21. The Morgan fingerprint density at radius 3 is 1.55 bits per heavy atom. The van der Waals surface area contributed by atoms with Crippen LogP contribution in [0.3, 0.4) is 0 Å². The molecule has 0 saturated carbocycles. The fourth-order valence-corrected chi connectivity index (χ4v) is 5.28. The average molecular weight is 496 g/mol. The first kappa shape index (κ1) is 23.4. The van der Waals surface area contributed by atoms with Crippen LogP contribution in [0.2, 0.25) is 0 Å². The molecule has 5 aromatic rings. The Morgan fingerprint density at radius 1 is 0.632 bits per heavy atom. The Morgan fingerprint density at radius 2 is 1.08 bits per heavy atom. The van der Waals surface area contributed by atoms with Gasteiger partial charge in [0.15, 0.2) is 0 Å². The van der Waals surface area contributed by atoms with Crippen LogP contribution < -0.4 is 0 Å². The maximum Gasteiger partial charge on any atom is 0.261 e. The number of hydrogen-bond acceptors (Lipinski definition) is 3. The zero-order chi connectivity index (χ0) is 26.0. The average Bonchev–Trinajstić information content (AvgIpc) is 3.54. The molecule has 0 fully saturated rings. The predicted molar refractivity (Wildman–Crippen MR) is 148 cm³/mol. The third-order valence-corrected chi connectivity index (χ3v) is 7.02. The molecular weight excluding hydrogens is 470 g/mol. The standard InChI is InChI=1S/C33H25N3O2/c37-31-29-20-10-11-21-30(29)32(38)36(31)22-12-19-28-23-35(24-34-28)33(25-13-4-1-5-14-25,26-15-6-2-7-16-26)27-17-8-3-9-18-27/h1-21,23-24H,22H2/b19-12-. The van der Waals surface area contributed by atoms with Crippen LogP contribution in [0.4, 0.5) is 0 Å². The highest BCUT2D eigenvalue weighted by Crippen LogP contribution is 2.40. The summed E-state index contributed by atoms with van der Waals surface area (Å²) in [5, 5.41) is 0. The van der Waals surface area contributed by atoms with Crippen LogP contribution in [-0.2, 0) is 5.54 Å². The minimum Gasteiger partial charge on any atom is -0.318 e. The first-order chi connectivity index (χ1) is 18.7. The summed E-state index contributed by atoms with van der Waals surface area (Å²) in [4.78, 5) is 31.4. The van der Waals surface area contributed by atoms with Gasteiger partial charge in [-0.1, -0.05) is 109 Å². The van der Waals surface area contributed by atoms with E-state index in [0.717, 1.165) is 22.4 Å². The van der Waals surface area contributed by atoms with Crippen molar-refractivity contribution in [3.8, 4) is 0 Å². The molecule has 0 N–H and O–H groups in total. The molecule has 0 radical (unpaired) electrons. The van der Waals surface area contributed by atoms with Crippen LogP contribution in [0.25, 0.3) is 6.08 Å². The van der Waals surface area contributed by atoms with E-state index in [1.165, 1.54) is 4.90 Å². The van der Waals surface area contributed by atoms with E-state index in [-0.39, 0.29) is 18.4 Å². The Bertz CT molecular complexity index is 1490. The topological polar surface area (TPSA) is 55.2 Å². The summed E-state index contributed by atoms with van der Waals surface area (Å²) < 4.78 is 2.13. The Labute approximate surface area is 221 Å². The van der Waals surface area contributed by atoms with Gasteiger partial charge in [-0.15, -0.1) is 0 Å². The Balaban J connectivity index is 1.38. The third kappa shape index (κ3) is 3.85. The molecule has 0 spiro atoms. The molecule has 2 amide bonds. The van der Waals surface area contributed by atoms with Crippen molar-refractivity contribution in [3.05, 3.63) is 167 Å². The van der Waals surface area contributed by atoms with Gasteiger partial charge in [0.2, 0.25) is 0 Å². The number of aromatic nitrogens is 2. The lowest BCUT2D eigenvalue weighted by Gasteiger charge is -2.37. The van der Waals surface area contributed by atoms with Gasteiger partial charge in [-0.3, -0.25) is 14.5 Å². The largest absolute Gasteiger partial charge is 0.318 e. The zero-order valence-electron chi connectivity index (χ0n) is 20.6. The van der Waals surface area contributed by atoms with Crippen molar-refractivity contribution in [2.24, 2.45) is 0 Å². The smallest absolute Gasteiger partial charge is 0.261 e. The summed E-state index contributed by atoms with van der Waals surface area (Å²) in [6, 6.07) is 38.1. The molecule has 0 bridgehead atoms. The summed E-state index contributed by atoms with van der Waals surface area (Å²) in [5.74, 6) is -0.533. The number of fused-ring (bicyclic) bond motifs is 1.